The van der Waals surface area contributed by atoms with Crippen molar-refractivity contribution in [2.45, 2.75) is 19.6 Å². The number of hydrogen-bond donors (Lipinski definition) is 0. The second-order valence-corrected chi connectivity index (χ2v) is 6.81. The van der Waals surface area contributed by atoms with Gasteiger partial charge in [-0.15, -0.1) is 0 Å². The van der Waals surface area contributed by atoms with Gasteiger partial charge in [-0.2, -0.15) is 0 Å². The summed E-state index contributed by atoms with van der Waals surface area (Å²) >= 11 is 6.13. The van der Waals surface area contributed by atoms with Crippen molar-refractivity contribution in [2.75, 3.05) is 24.8 Å². The van der Waals surface area contributed by atoms with Gasteiger partial charge in [0.1, 0.15) is 24.7 Å². The number of carbonyl (C=O) groups excluding carboxylic acids is 2. The summed E-state index contributed by atoms with van der Waals surface area (Å²) in [6, 6.07) is 10.6. The van der Waals surface area contributed by atoms with Gasteiger partial charge in [0.2, 0.25) is 5.91 Å². The van der Waals surface area contributed by atoms with Crippen LogP contribution in [0.1, 0.15) is 17.5 Å². The number of amides is 1. The van der Waals surface area contributed by atoms with Crippen molar-refractivity contribution >= 4 is 29.2 Å². The number of hydrogen-bond acceptors (Lipinski definition) is 6. The zero-order chi connectivity index (χ0) is 19.5. The normalized spacial score (nSPS) is 15.6. The van der Waals surface area contributed by atoms with Gasteiger partial charge in [-0.25, -0.2) is 0 Å². The first-order chi connectivity index (χ1) is 13.6. The quantitative estimate of drug-likeness (QED) is 0.730. The lowest BCUT2D eigenvalue weighted by Gasteiger charge is -2.22. The van der Waals surface area contributed by atoms with Crippen molar-refractivity contribution in [3.05, 3.63) is 52.5 Å². The minimum Gasteiger partial charge on any atom is -0.491 e. The smallest absolute Gasteiger partial charge is 0.326 e. The Morgan fingerprint density at radius 1 is 1.21 bits per heavy atom. The summed E-state index contributed by atoms with van der Waals surface area (Å²) in [5, 5.41) is 0.507. The minimum atomic E-state index is -0.536. The van der Waals surface area contributed by atoms with Crippen molar-refractivity contribution in [2.24, 2.45) is 0 Å². The van der Waals surface area contributed by atoms with Gasteiger partial charge in [0, 0.05) is 16.1 Å². The summed E-state index contributed by atoms with van der Waals surface area (Å²) in [4.78, 5) is 26.3. The number of anilines is 1. The molecule has 2 aliphatic rings. The van der Waals surface area contributed by atoms with E-state index in [9.17, 15) is 9.59 Å². The summed E-state index contributed by atoms with van der Waals surface area (Å²) in [7, 11) is 0. The van der Waals surface area contributed by atoms with Crippen LogP contribution in [-0.2, 0) is 32.3 Å². The summed E-state index contributed by atoms with van der Waals surface area (Å²) in [5.41, 5.74) is 2.02. The van der Waals surface area contributed by atoms with Crippen molar-refractivity contribution in [3.8, 4) is 11.5 Å². The molecule has 2 aromatic rings. The number of carbonyl (C=O) groups is 2. The molecule has 0 fully saturated rings. The van der Waals surface area contributed by atoms with Crippen LogP contribution in [0.5, 0.6) is 11.5 Å². The van der Waals surface area contributed by atoms with E-state index >= 15 is 0 Å². The molecule has 2 heterocycles. The molecule has 0 bridgehead atoms. The zero-order valence-electron chi connectivity index (χ0n) is 15.0. The summed E-state index contributed by atoms with van der Waals surface area (Å²) in [6.07, 6.45) is 0.192. The minimum absolute atomic E-state index is 0.0120. The largest absolute Gasteiger partial charge is 0.491 e. The van der Waals surface area contributed by atoms with E-state index in [2.05, 4.69) is 0 Å². The molecule has 8 heteroatoms. The molecule has 0 atom stereocenters. The van der Waals surface area contributed by atoms with E-state index in [1.54, 1.807) is 30.3 Å². The van der Waals surface area contributed by atoms with E-state index in [-0.39, 0.29) is 38.9 Å². The van der Waals surface area contributed by atoms with Crippen LogP contribution in [0.15, 0.2) is 36.4 Å². The number of halogens is 1. The third-order valence-corrected chi connectivity index (χ3v) is 4.68. The fourth-order valence-electron chi connectivity index (χ4n) is 3.19. The first kappa shape index (κ1) is 18.6. The van der Waals surface area contributed by atoms with Crippen LogP contribution >= 0.6 is 11.6 Å². The number of benzene rings is 2. The van der Waals surface area contributed by atoms with Gasteiger partial charge in [0.25, 0.3) is 0 Å². The molecule has 0 saturated carbocycles. The zero-order valence-corrected chi connectivity index (χ0v) is 15.7. The Bertz CT molecular complexity index is 916. The van der Waals surface area contributed by atoms with Crippen LogP contribution in [0.25, 0.3) is 0 Å². The Morgan fingerprint density at radius 2 is 2.07 bits per heavy atom. The second kappa shape index (κ2) is 8.08. The van der Waals surface area contributed by atoms with Gasteiger partial charge >= 0.3 is 5.97 Å². The van der Waals surface area contributed by atoms with Gasteiger partial charge < -0.3 is 18.9 Å². The number of para-hydroxylation sites is 2. The Kier molecular flexibility index (Phi) is 5.36. The van der Waals surface area contributed by atoms with E-state index in [1.807, 2.05) is 6.07 Å². The molecule has 1 amide bonds. The van der Waals surface area contributed by atoms with Gasteiger partial charge in [-0.05, 0) is 24.3 Å². The average molecular weight is 404 g/mol. The topological polar surface area (TPSA) is 74.3 Å². The fraction of sp³-hybridized carbons (Fsp3) is 0.300. The molecule has 4 rings (SSSR count). The molecular weight excluding hydrogens is 386 g/mol. The molecule has 7 nitrogen and oxygen atoms in total. The van der Waals surface area contributed by atoms with Gasteiger partial charge in [0.05, 0.1) is 25.3 Å². The number of fused-ring (bicyclic) bond motifs is 2. The number of ether oxygens (including phenoxy) is 4. The van der Waals surface area contributed by atoms with Gasteiger partial charge in [-0.1, -0.05) is 23.7 Å². The summed E-state index contributed by atoms with van der Waals surface area (Å²) < 4.78 is 21.7. The van der Waals surface area contributed by atoms with Crippen molar-refractivity contribution in [1.82, 2.24) is 0 Å². The van der Waals surface area contributed by atoms with E-state index in [1.165, 1.54) is 4.90 Å². The lowest BCUT2D eigenvalue weighted by atomic mass is 10.1. The van der Waals surface area contributed by atoms with E-state index in [4.69, 9.17) is 30.5 Å². The highest BCUT2D eigenvalue weighted by Gasteiger charge is 2.26. The molecule has 2 aliphatic heterocycles. The summed E-state index contributed by atoms with van der Waals surface area (Å²) in [5.74, 6) is 0.458. The van der Waals surface area contributed by atoms with E-state index < -0.39 is 5.97 Å². The Hall–Kier alpha value is -2.77. The third kappa shape index (κ3) is 3.90. The fourth-order valence-corrected chi connectivity index (χ4v) is 3.45. The molecule has 0 aromatic heterocycles. The van der Waals surface area contributed by atoms with Crippen LogP contribution < -0.4 is 14.4 Å². The predicted octanol–water partition coefficient (Wildman–Crippen LogP) is 3.07. The monoisotopic (exact) mass is 403 g/mol. The molecule has 0 radical (unpaired) electrons. The standard InChI is InChI=1S/C20H18ClNO6/c21-15-7-13-10-25-12-28-20(13)14(8-15)11-27-19(24)9-22-16-3-1-2-4-17(16)26-6-5-18(22)23/h1-4,7-8H,5-6,9-12H2. The van der Waals surface area contributed by atoms with E-state index in [0.717, 1.165) is 5.56 Å². The first-order valence-corrected chi connectivity index (χ1v) is 9.19. The van der Waals surface area contributed by atoms with Crippen molar-refractivity contribution in [1.29, 1.82) is 0 Å². The molecule has 0 N–H and O–H groups in total. The Labute approximate surface area is 166 Å². The van der Waals surface area contributed by atoms with Gasteiger partial charge in [0.15, 0.2) is 6.79 Å². The average Bonchev–Trinajstić information content (AvgIpc) is 2.85. The predicted molar refractivity (Wildman–Crippen MR) is 100 cm³/mol. The van der Waals surface area contributed by atoms with Crippen LogP contribution in [0.2, 0.25) is 5.02 Å². The highest BCUT2D eigenvalue weighted by molar-refractivity contribution is 6.30. The number of rotatable bonds is 4. The maximum Gasteiger partial charge on any atom is 0.326 e. The number of nitrogens with zero attached hydrogens (tertiary/aromatic N) is 1. The van der Waals surface area contributed by atoms with Crippen LogP contribution in [0.3, 0.4) is 0 Å². The molecule has 0 unspecified atom stereocenters. The maximum absolute atomic E-state index is 12.4. The Morgan fingerprint density at radius 3 is 2.96 bits per heavy atom. The van der Waals surface area contributed by atoms with Crippen molar-refractivity contribution < 1.29 is 28.5 Å². The first-order valence-electron chi connectivity index (χ1n) is 8.81. The highest BCUT2D eigenvalue weighted by Crippen LogP contribution is 2.33. The lowest BCUT2D eigenvalue weighted by molar-refractivity contribution is -0.144. The molecule has 28 heavy (non-hydrogen) atoms. The highest BCUT2D eigenvalue weighted by atomic mass is 35.5. The lowest BCUT2D eigenvalue weighted by Crippen LogP contribution is -2.36. The van der Waals surface area contributed by atoms with Crippen LogP contribution in [0, 0.1) is 0 Å². The molecule has 146 valence electrons. The van der Waals surface area contributed by atoms with Crippen LogP contribution in [0.4, 0.5) is 5.69 Å². The Balaban J connectivity index is 1.47. The summed E-state index contributed by atoms with van der Waals surface area (Å²) in [6.45, 7) is 0.577. The van der Waals surface area contributed by atoms with Crippen molar-refractivity contribution in [3.63, 3.8) is 0 Å². The van der Waals surface area contributed by atoms with Crippen LogP contribution in [-0.4, -0.2) is 31.8 Å². The third-order valence-electron chi connectivity index (χ3n) is 4.46. The SMILES string of the molecule is O=C(CN1C(=O)CCOc2ccccc21)OCc1cc(Cl)cc2c1OCOC2. The molecule has 0 spiro atoms. The molecule has 2 aromatic carbocycles. The molecule has 0 aliphatic carbocycles. The second-order valence-electron chi connectivity index (χ2n) is 6.37. The number of esters is 1. The molecular formula is C20H18ClNO6. The molecule has 0 saturated heterocycles. The van der Waals surface area contributed by atoms with Gasteiger partial charge in [-0.3, -0.25) is 14.5 Å². The maximum atomic E-state index is 12.4. The van der Waals surface area contributed by atoms with E-state index in [0.29, 0.717) is 34.4 Å².